The van der Waals surface area contributed by atoms with Crippen LogP contribution in [0, 0.1) is 0 Å². The summed E-state index contributed by atoms with van der Waals surface area (Å²) >= 11 is 3.16. The molecule has 0 bridgehead atoms. The lowest BCUT2D eigenvalue weighted by Crippen LogP contribution is -2.24. The molecule has 0 spiro atoms. The number of aromatic nitrogens is 4. The molecule has 0 fully saturated rings. The number of tetrazole rings is 1. The topological polar surface area (TPSA) is 72.7 Å². The number of rotatable bonds is 7. The molecule has 0 aromatic carbocycles. The van der Waals surface area contributed by atoms with Crippen LogP contribution in [0.2, 0.25) is 0 Å². The summed E-state index contributed by atoms with van der Waals surface area (Å²) in [7, 11) is 0. The number of thioether (sulfide) groups is 1. The average molecular weight is 311 g/mol. The lowest BCUT2D eigenvalue weighted by atomic mass is 10.4. The van der Waals surface area contributed by atoms with Crippen LogP contribution in [-0.4, -0.2) is 31.9 Å². The number of amides is 1. The SMILES string of the molecule is CC(C)n1nnnc1CSCC(=O)NCc1cccs1. The van der Waals surface area contributed by atoms with Gasteiger partial charge >= 0.3 is 0 Å². The molecule has 0 aliphatic carbocycles. The molecule has 108 valence electrons. The van der Waals surface area contributed by atoms with Gasteiger partial charge in [0.2, 0.25) is 5.91 Å². The largest absolute Gasteiger partial charge is 0.350 e. The summed E-state index contributed by atoms with van der Waals surface area (Å²) in [4.78, 5) is 12.9. The Morgan fingerprint density at radius 1 is 1.55 bits per heavy atom. The number of carbonyl (C=O) groups excluding carboxylic acids is 1. The van der Waals surface area contributed by atoms with E-state index in [1.54, 1.807) is 16.0 Å². The van der Waals surface area contributed by atoms with Crippen molar-refractivity contribution in [3.8, 4) is 0 Å². The van der Waals surface area contributed by atoms with Crippen LogP contribution in [0.3, 0.4) is 0 Å². The third kappa shape index (κ3) is 4.31. The maximum Gasteiger partial charge on any atom is 0.230 e. The normalized spacial score (nSPS) is 10.9. The molecule has 0 saturated carbocycles. The molecule has 0 radical (unpaired) electrons. The minimum absolute atomic E-state index is 0.0342. The van der Waals surface area contributed by atoms with E-state index in [0.29, 0.717) is 18.1 Å². The summed E-state index contributed by atoms with van der Waals surface area (Å²) < 4.78 is 1.77. The summed E-state index contributed by atoms with van der Waals surface area (Å²) in [5, 5.41) is 16.5. The summed E-state index contributed by atoms with van der Waals surface area (Å²) in [6.07, 6.45) is 0. The smallest absolute Gasteiger partial charge is 0.230 e. The molecule has 2 rings (SSSR count). The Balaban J connectivity index is 1.70. The second kappa shape index (κ2) is 7.39. The van der Waals surface area contributed by atoms with Crippen LogP contribution < -0.4 is 5.32 Å². The molecule has 8 heteroatoms. The molecule has 6 nitrogen and oxygen atoms in total. The fourth-order valence-corrected chi connectivity index (χ4v) is 3.00. The van der Waals surface area contributed by atoms with E-state index in [0.717, 1.165) is 10.7 Å². The van der Waals surface area contributed by atoms with Gasteiger partial charge < -0.3 is 5.32 Å². The Labute approximate surface area is 126 Å². The fraction of sp³-hybridized carbons (Fsp3) is 0.500. The van der Waals surface area contributed by atoms with Crippen LogP contribution in [0.15, 0.2) is 17.5 Å². The molecular formula is C12H17N5OS2. The van der Waals surface area contributed by atoms with Crippen molar-refractivity contribution in [2.24, 2.45) is 0 Å². The van der Waals surface area contributed by atoms with Gasteiger partial charge in [0.25, 0.3) is 0 Å². The highest BCUT2D eigenvalue weighted by molar-refractivity contribution is 7.99. The standard InChI is InChI=1S/C12H17N5OS2/c1-9(2)17-11(14-15-16-17)7-19-8-12(18)13-6-10-4-3-5-20-10/h3-5,9H,6-8H2,1-2H3,(H,13,18). The lowest BCUT2D eigenvalue weighted by Gasteiger charge is -2.07. The molecule has 2 aromatic rings. The molecule has 20 heavy (non-hydrogen) atoms. The zero-order chi connectivity index (χ0) is 14.4. The minimum atomic E-state index is 0.0342. The van der Waals surface area contributed by atoms with E-state index in [4.69, 9.17) is 0 Å². The molecular weight excluding hydrogens is 294 g/mol. The number of thiophene rings is 1. The number of hydrogen-bond donors (Lipinski definition) is 1. The fourth-order valence-electron chi connectivity index (χ4n) is 1.59. The van der Waals surface area contributed by atoms with Crippen LogP contribution in [0.4, 0.5) is 0 Å². The Kier molecular flexibility index (Phi) is 5.54. The highest BCUT2D eigenvalue weighted by Crippen LogP contribution is 2.12. The van der Waals surface area contributed by atoms with E-state index in [1.165, 1.54) is 11.8 Å². The summed E-state index contributed by atoms with van der Waals surface area (Å²) in [5.74, 6) is 1.89. The zero-order valence-corrected chi connectivity index (χ0v) is 13.1. The van der Waals surface area contributed by atoms with Gasteiger partial charge in [0, 0.05) is 4.88 Å². The first-order chi connectivity index (χ1) is 9.66. The van der Waals surface area contributed by atoms with Gasteiger partial charge in [0.05, 0.1) is 24.1 Å². The van der Waals surface area contributed by atoms with E-state index in [1.807, 2.05) is 31.4 Å². The van der Waals surface area contributed by atoms with Crippen molar-refractivity contribution in [2.75, 3.05) is 5.75 Å². The van der Waals surface area contributed by atoms with Crippen molar-refractivity contribution in [3.05, 3.63) is 28.2 Å². The van der Waals surface area contributed by atoms with Crippen molar-refractivity contribution in [1.82, 2.24) is 25.5 Å². The van der Waals surface area contributed by atoms with Gasteiger partial charge in [-0.25, -0.2) is 4.68 Å². The monoisotopic (exact) mass is 311 g/mol. The number of nitrogens with one attached hydrogen (secondary N) is 1. The Hall–Kier alpha value is -1.41. The summed E-state index contributed by atoms with van der Waals surface area (Å²) in [5.41, 5.74) is 0. The first-order valence-electron chi connectivity index (χ1n) is 6.30. The van der Waals surface area contributed by atoms with Crippen molar-refractivity contribution >= 4 is 29.0 Å². The second-order valence-electron chi connectivity index (χ2n) is 4.48. The molecule has 0 saturated heterocycles. The van der Waals surface area contributed by atoms with Gasteiger partial charge in [-0.15, -0.1) is 28.2 Å². The van der Waals surface area contributed by atoms with Crippen molar-refractivity contribution in [2.45, 2.75) is 32.2 Å². The average Bonchev–Trinajstić information content (AvgIpc) is 3.07. The molecule has 1 N–H and O–H groups in total. The predicted molar refractivity (Wildman–Crippen MR) is 80.5 cm³/mol. The van der Waals surface area contributed by atoms with Crippen molar-refractivity contribution in [1.29, 1.82) is 0 Å². The van der Waals surface area contributed by atoms with Gasteiger partial charge in [-0.2, -0.15) is 0 Å². The van der Waals surface area contributed by atoms with Crippen LogP contribution in [0.1, 0.15) is 30.6 Å². The predicted octanol–water partition coefficient (Wildman–Crippen LogP) is 1.87. The van der Waals surface area contributed by atoms with Gasteiger partial charge in [-0.05, 0) is 35.7 Å². The van der Waals surface area contributed by atoms with Crippen LogP contribution in [-0.2, 0) is 17.1 Å². The molecule has 0 unspecified atom stereocenters. The molecule has 1 amide bonds. The highest BCUT2D eigenvalue weighted by atomic mass is 32.2. The molecule has 2 aromatic heterocycles. The van der Waals surface area contributed by atoms with E-state index < -0.39 is 0 Å². The van der Waals surface area contributed by atoms with Crippen molar-refractivity contribution in [3.63, 3.8) is 0 Å². The van der Waals surface area contributed by atoms with Gasteiger partial charge in [0.15, 0.2) is 5.82 Å². The highest BCUT2D eigenvalue weighted by Gasteiger charge is 2.10. The lowest BCUT2D eigenvalue weighted by molar-refractivity contribution is -0.118. The third-order valence-electron chi connectivity index (χ3n) is 2.55. The number of nitrogens with zero attached hydrogens (tertiary/aromatic N) is 4. The van der Waals surface area contributed by atoms with E-state index in [9.17, 15) is 4.79 Å². The maximum atomic E-state index is 11.7. The zero-order valence-electron chi connectivity index (χ0n) is 11.4. The number of carbonyl (C=O) groups is 1. The molecule has 0 atom stereocenters. The first-order valence-corrected chi connectivity index (χ1v) is 8.34. The maximum absolute atomic E-state index is 11.7. The molecule has 0 aliphatic rings. The van der Waals surface area contributed by atoms with Gasteiger partial charge in [-0.3, -0.25) is 4.79 Å². The van der Waals surface area contributed by atoms with E-state index in [-0.39, 0.29) is 11.9 Å². The Morgan fingerprint density at radius 3 is 3.10 bits per heavy atom. The van der Waals surface area contributed by atoms with Crippen molar-refractivity contribution < 1.29 is 4.79 Å². The second-order valence-corrected chi connectivity index (χ2v) is 6.50. The summed E-state index contributed by atoms with van der Waals surface area (Å²) in [6, 6.07) is 4.22. The minimum Gasteiger partial charge on any atom is -0.350 e. The quantitative estimate of drug-likeness (QED) is 0.845. The van der Waals surface area contributed by atoms with E-state index in [2.05, 4.69) is 20.8 Å². The Bertz CT molecular complexity index is 538. The van der Waals surface area contributed by atoms with Crippen LogP contribution >= 0.6 is 23.1 Å². The molecule has 0 aliphatic heterocycles. The first kappa shape index (κ1) is 15.0. The Morgan fingerprint density at radius 2 is 2.40 bits per heavy atom. The van der Waals surface area contributed by atoms with Gasteiger partial charge in [0.1, 0.15) is 0 Å². The third-order valence-corrected chi connectivity index (χ3v) is 4.36. The van der Waals surface area contributed by atoms with Gasteiger partial charge in [-0.1, -0.05) is 6.07 Å². The summed E-state index contributed by atoms with van der Waals surface area (Å²) in [6.45, 7) is 4.65. The van der Waals surface area contributed by atoms with Crippen LogP contribution in [0.25, 0.3) is 0 Å². The number of hydrogen-bond acceptors (Lipinski definition) is 6. The molecule has 2 heterocycles. The van der Waals surface area contributed by atoms with Crippen LogP contribution in [0.5, 0.6) is 0 Å². The van der Waals surface area contributed by atoms with E-state index >= 15 is 0 Å².